The first-order valence-electron chi connectivity index (χ1n) is 6.90. The number of hydrogen-bond donors (Lipinski definition) is 0. The standard InChI is InChI=1S/C17H19NO/c1-19-17-5-4-15-11-14(2-3-16(15)12-17)10-13-6-8-18-9-7-13/h4-9,12,14H,2-3,10-11H2,1H3/t14-/m0/s1. The summed E-state index contributed by atoms with van der Waals surface area (Å²) in [6.07, 6.45) is 8.55. The van der Waals surface area contributed by atoms with Crippen molar-refractivity contribution in [3.8, 4) is 5.75 Å². The molecule has 0 unspecified atom stereocenters. The zero-order valence-electron chi connectivity index (χ0n) is 11.3. The van der Waals surface area contributed by atoms with E-state index in [4.69, 9.17) is 4.74 Å². The van der Waals surface area contributed by atoms with Crippen LogP contribution in [0.15, 0.2) is 42.7 Å². The van der Waals surface area contributed by atoms with Crippen molar-refractivity contribution in [2.24, 2.45) is 5.92 Å². The van der Waals surface area contributed by atoms with E-state index in [2.05, 4.69) is 35.3 Å². The highest BCUT2D eigenvalue weighted by atomic mass is 16.5. The number of methoxy groups -OCH3 is 1. The molecular weight excluding hydrogens is 234 g/mol. The molecule has 1 aromatic carbocycles. The molecule has 3 rings (SSSR count). The van der Waals surface area contributed by atoms with Gasteiger partial charge in [0, 0.05) is 12.4 Å². The van der Waals surface area contributed by atoms with E-state index in [9.17, 15) is 0 Å². The number of benzene rings is 1. The topological polar surface area (TPSA) is 22.1 Å². The molecule has 0 fully saturated rings. The zero-order chi connectivity index (χ0) is 13.1. The quantitative estimate of drug-likeness (QED) is 0.836. The molecule has 0 saturated heterocycles. The van der Waals surface area contributed by atoms with Gasteiger partial charge in [-0.2, -0.15) is 0 Å². The van der Waals surface area contributed by atoms with Crippen LogP contribution in [0.1, 0.15) is 23.1 Å². The largest absolute Gasteiger partial charge is 0.497 e. The van der Waals surface area contributed by atoms with Crippen LogP contribution in [0.4, 0.5) is 0 Å². The Morgan fingerprint density at radius 3 is 2.79 bits per heavy atom. The van der Waals surface area contributed by atoms with Gasteiger partial charge in [0.15, 0.2) is 0 Å². The monoisotopic (exact) mass is 253 g/mol. The second-order valence-electron chi connectivity index (χ2n) is 5.30. The van der Waals surface area contributed by atoms with Gasteiger partial charge in [-0.05, 0) is 72.6 Å². The first-order chi connectivity index (χ1) is 9.35. The van der Waals surface area contributed by atoms with Crippen LogP contribution in [0.25, 0.3) is 0 Å². The van der Waals surface area contributed by atoms with Crippen molar-refractivity contribution in [2.75, 3.05) is 7.11 Å². The Bertz CT molecular complexity index is 550. The Hall–Kier alpha value is -1.83. The average molecular weight is 253 g/mol. The predicted octanol–water partition coefficient (Wildman–Crippen LogP) is 3.44. The summed E-state index contributed by atoms with van der Waals surface area (Å²) in [7, 11) is 1.73. The highest BCUT2D eigenvalue weighted by Crippen LogP contribution is 2.30. The van der Waals surface area contributed by atoms with Crippen molar-refractivity contribution in [2.45, 2.75) is 25.7 Å². The Morgan fingerprint density at radius 2 is 2.00 bits per heavy atom. The molecule has 2 heteroatoms. The van der Waals surface area contributed by atoms with E-state index in [0.717, 1.165) is 18.1 Å². The molecule has 1 aliphatic rings. The molecule has 1 aromatic heterocycles. The predicted molar refractivity (Wildman–Crippen MR) is 76.5 cm³/mol. The highest BCUT2D eigenvalue weighted by molar-refractivity contribution is 5.37. The summed E-state index contributed by atoms with van der Waals surface area (Å²) in [5, 5.41) is 0. The van der Waals surface area contributed by atoms with Crippen LogP contribution in [0.5, 0.6) is 5.75 Å². The number of pyridine rings is 1. The Labute approximate surface area is 114 Å². The van der Waals surface area contributed by atoms with Crippen LogP contribution in [-0.4, -0.2) is 12.1 Å². The molecule has 98 valence electrons. The van der Waals surface area contributed by atoms with E-state index in [1.807, 2.05) is 12.4 Å². The molecule has 0 bridgehead atoms. The van der Waals surface area contributed by atoms with Gasteiger partial charge < -0.3 is 4.74 Å². The van der Waals surface area contributed by atoms with Gasteiger partial charge in [-0.25, -0.2) is 0 Å². The fraction of sp³-hybridized carbons (Fsp3) is 0.353. The first-order valence-corrected chi connectivity index (χ1v) is 6.90. The number of fused-ring (bicyclic) bond motifs is 1. The van der Waals surface area contributed by atoms with Crippen molar-refractivity contribution in [1.82, 2.24) is 4.98 Å². The SMILES string of the molecule is COc1ccc2c(c1)CC[C@@H](Cc1ccncc1)C2. The third kappa shape index (κ3) is 2.78. The van der Waals surface area contributed by atoms with Crippen molar-refractivity contribution >= 4 is 0 Å². The van der Waals surface area contributed by atoms with Gasteiger partial charge in [0.1, 0.15) is 5.75 Å². The molecule has 1 heterocycles. The fourth-order valence-corrected chi connectivity index (χ4v) is 2.96. The summed E-state index contributed by atoms with van der Waals surface area (Å²) in [5.74, 6) is 1.73. The lowest BCUT2D eigenvalue weighted by molar-refractivity contribution is 0.410. The van der Waals surface area contributed by atoms with Crippen molar-refractivity contribution in [3.63, 3.8) is 0 Å². The normalized spacial score (nSPS) is 17.8. The lowest BCUT2D eigenvalue weighted by Gasteiger charge is -2.25. The minimum absolute atomic E-state index is 0.753. The molecule has 0 aliphatic heterocycles. The fourth-order valence-electron chi connectivity index (χ4n) is 2.96. The zero-order valence-corrected chi connectivity index (χ0v) is 11.3. The summed E-state index contributed by atoms with van der Waals surface area (Å²) in [5.41, 5.74) is 4.35. The van der Waals surface area contributed by atoms with Crippen LogP contribution in [0.2, 0.25) is 0 Å². The van der Waals surface area contributed by atoms with Crippen molar-refractivity contribution in [3.05, 3.63) is 59.4 Å². The number of rotatable bonds is 3. The molecular formula is C17H19NO. The second kappa shape index (κ2) is 5.43. The number of ether oxygens (including phenoxy) is 1. The van der Waals surface area contributed by atoms with E-state index in [-0.39, 0.29) is 0 Å². The van der Waals surface area contributed by atoms with E-state index in [1.165, 1.54) is 36.0 Å². The molecule has 2 aromatic rings. The maximum Gasteiger partial charge on any atom is 0.119 e. The van der Waals surface area contributed by atoms with Gasteiger partial charge in [-0.3, -0.25) is 4.98 Å². The van der Waals surface area contributed by atoms with E-state index in [0.29, 0.717) is 0 Å². The van der Waals surface area contributed by atoms with Gasteiger partial charge in [-0.15, -0.1) is 0 Å². The molecule has 19 heavy (non-hydrogen) atoms. The van der Waals surface area contributed by atoms with Gasteiger partial charge in [-0.1, -0.05) is 6.07 Å². The van der Waals surface area contributed by atoms with Crippen molar-refractivity contribution < 1.29 is 4.74 Å². The van der Waals surface area contributed by atoms with Crippen LogP contribution < -0.4 is 4.74 Å². The molecule has 0 radical (unpaired) electrons. The third-order valence-corrected chi connectivity index (χ3v) is 4.02. The molecule has 0 spiro atoms. The summed E-state index contributed by atoms with van der Waals surface area (Å²) < 4.78 is 5.30. The summed E-state index contributed by atoms with van der Waals surface area (Å²) in [4.78, 5) is 4.08. The first kappa shape index (κ1) is 12.2. The maximum atomic E-state index is 5.30. The molecule has 2 nitrogen and oxygen atoms in total. The number of hydrogen-bond acceptors (Lipinski definition) is 2. The van der Waals surface area contributed by atoms with E-state index in [1.54, 1.807) is 7.11 Å². The average Bonchev–Trinajstić information content (AvgIpc) is 2.48. The van der Waals surface area contributed by atoms with Crippen LogP contribution in [0.3, 0.4) is 0 Å². The van der Waals surface area contributed by atoms with Gasteiger partial charge in [0.05, 0.1) is 7.11 Å². The van der Waals surface area contributed by atoms with Crippen LogP contribution >= 0.6 is 0 Å². The van der Waals surface area contributed by atoms with Gasteiger partial charge in [0.25, 0.3) is 0 Å². The van der Waals surface area contributed by atoms with E-state index >= 15 is 0 Å². The Morgan fingerprint density at radius 1 is 1.16 bits per heavy atom. The second-order valence-corrected chi connectivity index (χ2v) is 5.30. The molecule has 1 aliphatic carbocycles. The lowest BCUT2D eigenvalue weighted by atomic mass is 9.81. The Kier molecular flexibility index (Phi) is 3.49. The van der Waals surface area contributed by atoms with Crippen LogP contribution in [-0.2, 0) is 19.3 Å². The van der Waals surface area contributed by atoms with Crippen LogP contribution in [0, 0.1) is 5.92 Å². The van der Waals surface area contributed by atoms with Gasteiger partial charge in [0.2, 0.25) is 0 Å². The van der Waals surface area contributed by atoms with Crippen molar-refractivity contribution in [1.29, 1.82) is 0 Å². The molecule has 0 saturated carbocycles. The molecule has 0 N–H and O–H groups in total. The minimum Gasteiger partial charge on any atom is -0.497 e. The summed E-state index contributed by atoms with van der Waals surface area (Å²) in [6, 6.07) is 10.8. The number of aryl methyl sites for hydroxylation is 1. The smallest absolute Gasteiger partial charge is 0.119 e. The highest BCUT2D eigenvalue weighted by Gasteiger charge is 2.19. The third-order valence-electron chi connectivity index (χ3n) is 4.02. The Balaban J connectivity index is 1.72. The number of aromatic nitrogens is 1. The molecule has 0 amide bonds. The summed E-state index contributed by atoms with van der Waals surface area (Å²) >= 11 is 0. The van der Waals surface area contributed by atoms with Gasteiger partial charge >= 0.3 is 0 Å². The van der Waals surface area contributed by atoms with E-state index < -0.39 is 0 Å². The maximum absolute atomic E-state index is 5.30. The number of nitrogens with zero attached hydrogens (tertiary/aromatic N) is 1. The minimum atomic E-state index is 0.753. The molecule has 1 atom stereocenters. The summed E-state index contributed by atoms with van der Waals surface area (Å²) in [6.45, 7) is 0. The lowest BCUT2D eigenvalue weighted by Crippen LogP contribution is -2.16.